The number of hydrogen-bond donors (Lipinski definition) is 1. The minimum Gasteiger partial charge on any atom is -0.279 e. The van der Waals surface area contributed by atoms with Gasteiger partial charge in [0.05, 0.1) is 11.9 Å². The number of rotatable bonds is 4. The van der Waals surface area contributed by atoms with Crippen LogP contribution in [0.4, 0.5) is 5.69 Å². The van der Waals surface area contributed by atoms with Gasteiger partial charge in [0.25, 0.3) is 0 Å². The molecular formula is C18H20Cl2N2. The van der Waals surface area contributed by atoms with Crippen molar-refractivity contribution in [2.24, 2.45) is 5.10 Å². The van der Waals surface area contributed by atoms with Gasteiger partial charge in [0.1, 0.15) is 4.84 Å². The molecule has 1 N–H and O–H groups in total. The summed E-state index contributed by atoms with van der Waals surface area (Å²) in [5.41, 5.74) is 10.7. The maximum absolute atomic E-state index is 6.11. The average molecular weight is 335 g/mol. The smallest absolute Gasteiger partial charge is 0.133 e. The second kappa shape index (κ2) is 7.17. The highest BCUT2D eigenvalue weighted by molar-refractivity contribution is 6.44. The highest BCUT2D eigenvalue weighted by Gasteiger charge is 2.17. The predicted molar refractivity (Wildman–Crippen MR) is 97.5 cm³/mol. The van der Waals surface area contributed by atoms with Crippen molar-refractivity contribution in [1.82, 2.24) is 0 Å². The van der Waals surface area contributed by atoms with Gasteiger partial charge in [0.2, 0.25) is 0 Å². The van der Waals surface area contributed by atoms with E-state index in [1.54, 1.807) is 0 Å². The molecule has 0 saturated heterocycles. The fraction of sp³-hybridized carbons (Fsp3) is 0.278. The lowest BCUT2D eigenvalue weighted by atomic mass is 9.90. The molecule has 0 heterocycles. The van der Waals surface area contributed by atoms with Crippen LogP contribution in [0.2, 0.25) is 0 Å². The Hall–Kier alpha value is -1.51. The van der Waals surface area contributed by atoms with Crippen LogP contribution < -0.4 is 5.43 Å². The van der Waals surface area contributed by atoms with Gasteiger partial charge in [-0.15, -0.1) is 23.2 Å². The summed E-state index contributed by atoms with van der Waals surface area (Å²) in [6.45, 7) is 8.25. The fourth-order valence-corrected chi connectivity index (χ4v) is 3.23. The van der Waals surface area contributed by atoms with E-state index in [4.69, 9.17) is 23.2 Å². The second-order valence-corrected chi connectivity index (χ2v) is 6.46. The van der Waals surface area contributed by atoms with E-state index in [2.05, 4.69) is 38.2 Å². The van der Waals surface area contributed by atoms with Crippen molar-refractivity contribution in [2.75, 3.05) is 5.43 Å². The van der Waals surface area contributed by atoms with Crippen LogP contribution >= 0.6 is 23.2 Å². The Balaban J connectivity index is 2.36. The molecule has 0 aliphatic heterocycles. The standard InChI is InChI=1S/C18H20Cl2N2/c1-11-13(3)17(18(19)20)14(4)12(2)16(11)10-21-22-15-8-6-5-7-9-15/h5-10,18,22H,1-4H3. The Morgan fingerprint density at radius 3 is 1.95 bits per heavy atom. The molecule has 0 spiro atoms. The molecule has 22 heavy (non-hydrogen) atoms. The zero-order valence-corrected chi connectivity index (χ0v) is 14.8. The van der Waals surface area contributed by atoms with E-state index < -0.39 is 4.84 Å². The van der Waals surface area contributed by atoms with Crippen molar-refractivity contribution in [3.8, 4) is 0 Å². The van der Waals surface area contributed by atoms with Crippen LogP contribution in [0.5, 0.6) is 0 Å². The van der Waals surface area contributed by atoms with Crippen LogP contribution in [0, 0.1) is 27.7 Å². The van der Waals surface area contributed by atoms with Crippen LogP contribution in [0.25, 0.3) is 0 Å². The largest absolute Gasteiger partial charge is 0.279 e. The molecule has 116 valence electrons. The van der Waals surface area contributed by atoms with Crippen molar-refractivity contribution >= 4 is 35.1 Å². The van der Waals surface area contributed by atoms with Crippen molar-refractivity contribution in [2.45, 2.75) is 32.5 Å². The average Bonchev–Trinajstić information content (AvgIpc) is 2.49. The highest BCUT2D eigenvalue weighted by atomic mass is 35.5. The van der Waals surface area contributed by atoms with Crippen LogP contribution in [-0.2, 0) is 0 Å². The number of anilines is 1. The van der Waals surface area contributed by atoms with E-state index in [0.29, 0.717) is 0 Å². The third-order valence-corrected chi connectivity index (χ3v) is 4.56. The molecule has 2 rings (SSSR count). The number of hydrazone groups is 1. The summed E-state index contributed by atoms with van der Waals surface area (Å²) in [7, 11) is 0. The third-order valence-electron chi connectivity index (χ3n) is 4.12. The number of benzene rings is 2. The minimum atomic E-state index is -0.508. The Kier molecular flexibility index (Phi) is 5.49. The SMILES string of the molecule is Cc1c(C)c(C(Cl)Cl)c(C)c(C)c1C=NNc1ccccc1. The highest BCUT2D eigenvalue weighted by Crippen LogP contribution is 2.35. The lowest BCUT2D eigenvalue weighted by Crippen LogP contribution is -2.05. The van der Waals surface area contributed by atoms with Crippen molar-refractivity contribution in [3.63, 3.8) is 0 Å². The molecule has 0 saturated carbocycles. The lowest BCUT2D eigenvalue weighted by Gasteiger charge is -2.19. The zero-order valence-electron chi connectivity index (χ0n) is 13.2. The van der Waals surface area contributed by atoms with Gasteiger partial charge in [-0.1, -0.05) is 18.2 Å². The number of nitrogens with zero attached hydrogens (tertiary/aromatic N) is 1. The summed E-state index contributed by atoms with van der Waals surface area (Å²) in [5.74, 6) is 0. The summed E-state index contributed by atoms with van der Waals surface area (Å²) >= 11 is 12.2. The molecule has 4 heteroatoms. The maximum Gasteiger partial charge on any atom is 0.133 e. The number of halogens is 2. The lowest BCUT2D eigenvalue weighted by molar-refractivity contribution is 1.13. The predicted octanol–water partition coefficient (Wildman–Crippen LogP) is 5.84. The molecule has 0 bridgehead atoms. The van der Waals surface area contributed by atoms with E-state index in [-0.39, 0.29) is 0 Å². The van der Waals surface area contributed by atoms with E-state index in [1.165, 1.54) is 0 Å². The normalized spacial score (nSPS) is 11.4. The Labute approximate surface area is 142 Å². The molecule has 0 fully saturated rings. The van der Waals surface area contributed by atoms with E-state index >= 15 is 0 Å². The first-order chi connectivity index (χ1) is 10.4. The van der Waals surface area contributed by atoms with E-state index in [9.17, 15) is 0 Å². The summed E-state index contributed by atoms with van der Waals surface area (Å²) < 4.78 is 0. The van der Waals surface area contributed by atoms with Crippen molar-refractivity contribution < 1.29 is 0 Å². The monoisotopic (exact) mass is 334 g/mol. The molecule has 2 nitrogen and oxygen atoms in total. The third kappa shape index (κ3) is 3.45. The summed E-state index contributed by atoms with van der Waals surface area (Å²) in [6.07, 6.45) is 1.86. The Morgan fingerprint density at radius 2 is 1.45 bits per heavy atom. The quantitative estimate of drug-likeness (QED) is 0.423. The molecule has 2 aromatic carbocycles. The molecule has 0 aliphatic carbocycles. The molecule has 0 aliphatic rings. The van der Waals surface area contributed by atoms with Gasteiger partial charge in [0, 0.05) is 5.56 Å². The van der Waals surface area contributed by atoms with Crippen molar-refractivity contribution in [1.29, 1.82) is 0 Å². The van der Waals surface area contributed by atoms with Gasteiger partial charge < -0.3 is 0 Å². The van der Waals surface area contributed by atoms with Crippen molar-refractivity contribution in [3.05, 3.63) is 63.7 Å². The number of nitrogens with one attached hydrogen (secondary N) is 1. The first kappa shape index (κ1) is 16.9. The van der Waals surface area contributed by atoms with Gasteiger partial charge >= 0.3 is 0 Å². The summed E-state index contributed by atoms with van der Waals surface area (Å²) in [4.78, 5) is -0.508. The topological polar surface area (TPSA) is 24.4 Å². The zero-order chi connectivity index (χ0) is 16.3. The Morgan fingerprint density at radius 1 is 0.909 bits per heavy atom. The van der Waals surface area contributed by atoms with Gasteiger partial charge in [-0.05, 0) is 67.6 Å². The molecule has 0 aromatic heterocycles. The first-order valence-corrected chi connectivity index (χ1v) is 8.03. The molecule has 0 amide bonds. The van der Waals surface area contributed by atoms with Crippen LogP contribution in [-0.4, -0.2) is 6.21 Å². The molecular weight excluding hydrogens is 315 g/mol. The van der Waals surface area contributed by atoms with Gasteiger partial charge in [0.15, 0.2) is 0 Å². The first-order valence-electron chi connectivity index (χ1n) is 7.16. The Bertz CT molecular complexity index is 663. The minimum absolute atomic E-state index is 0.508. The molecule has 2 aromatic rings. The second-order valence-electron chi connectivity index (χ2n) is 5.36. The molecule has 0 radical (unpaired) electrons. The summed E-state index contributed by atoms with van der Waals surface area (Å²) in [5, 5.41) is 4.35. The van der Waals surface area contributed by atoms with Gasteiger partial charge in [-0.2, -0.15) is 5.10 Å². The molecule has 0 unspecified atom stereocenters. The van der Waals surface area contributed by atoms with Gasteiger partial charge in [-0.3, -0.25) is 5.43 Å². The number of para-hydroxylation sites is 1. The summed E-state index contributed by atoms with van der Waals surface area (Å²) in [6, 6.07) is 9.87. The fourth-order valence-electron chi connectivity index (χ4n) is 2.58. The van der Waals surface area contributed by atoms with Gasteiger partial charge in [-0.25, -0.2) is 0 Å². The van der Waals surface area contributed by atoms with Crippen LogP contribution in [0.15, 0.2) is 35.4 Å². The maximum atomic E-state index is 6.11. The molecule has 0 atom stereocenters. The van der Waals surface area contributed by atoms with E-state index in [0.717, 1.165) is 39.1 Å². The number of alkyl halides is 2. The van der Waals surface area contributed by atoms with Crippen LogP contribution in [0.3, 0.4) is 0 Å². The van der Waals surface area contributed by atoms with Crippen LogP contribution in [0.1, 0.15) is 38.2 Å². The number of hydrogen-bond acceptors (Lipinski definition) is 2. The van der Waals surface area contributed by atoms with E-state index in [1.807, 2.05) is 36.5 Å².